The highest BCUT2D eigenvalue weighted by Crippen LogP contribution is 2.33. The van der Waals surface area contributed by atoms with Gasteiger partial charge in [0, 0.05) is 19.4 Å². The third-order valence-electron chi connectivity index (χ3n) is 4.33. The Morgan fingerprint density at radius 2 is 2.21 bits per heavy atom. The summed E-state index contributed by atoms with van der Waals surface area (Å²) >= 11 is 0. The van der Waals surface area contributed by atoms with Crippen LogP contribution in [0.4, 0.5) is 0 Å². The van der Waals surface area contributed by atoms with Crippen LogP contribution in [0.15, 0.2) is 36.7 Å². The fraction of sp³-hybridized carbons (Fsp3) is 0.471. The molecule has 1 aliphatic carbocycles. The quantitative estimate of drug-likeness (QED) is 0.793. The van der Waals surface area contributed by atoms with E-state index in [1.54, 1.807) is 19.5 Å². The number of aryl methyl sites for hydroxylation is 1. The molecule has 2 aromatic rings. The lowest BCUT2D eigenvalue weighted by atomic mass is 10.1. The lowest BCUT2D eigenvalue weighted by Gasteiger charge is -2.19. The van der Waals surface area contributed by atoms with Gasteiger partial charge in [0.1, 0.15) is 17.6 Å². The van der Waals surface area contributed by atoms with E-state index in [2.05, 4.69) is 9.71 Å². The predicted octanol–water partition coefficient (Wildman–Crippen LogP) is 2.24. The van der Waals surface area contributed by atoms with Gasteiger partial charge < -0.3 is 9.30 Å². The van der Waals surface area contributed by atoms with E-state index in [0.717, 1.165) is 24.8 Å². The monoisotopic (exact) mass is 349 g/mol. The van der Waals surface area contributed by atoms with Gasteiger partial charge in [0.05, 0.1) is 12.9 Å². The Morgan fingerprint density at radius 1 is 1.42 bits per heavy atom. The number of aromatic nitrogens is 2. The smallest absolute Gasteiger partial charge is 0.212 e. The van der Waals surface area contributed by atoms with Gasteiger partial charge in [-0.25, -0.2) is 18.1 Å². The van der Waals surface area contributed by atoms with Crippen LogP contribution in [0.5, 0.6) is 5.75 Å². The van der Waals surface area contributed by atoms with Crippen LogP contribution in [0.25, 0.3) is 0 Å². The molecule has 0 saturated heterocycles. The van der Waals surface area contributed by atoms with Crippen molar-refractivity contribution in [2.45, 2.75) is 25.3 Å². The van der Waals surface area contributed by atoms with Gasteiger partial charge in [-0.15, -0.1) is 0 Å². The van der Waals surface area contributed by atoms with Crippen LogP contribution in [0.2, 0.25) is 0 Å². The third kappa shape index (κ3) is 4.15. The van der Waals surface area contributed by atoms with Crippen LogP contribution in [-0.4, -0.2) is 30.8 Å². The number of methoxy groups -OCH3 is 1. The van der Waals surface area contributed by atoms with Gasteiger partial charge in [0.2, 0.25) is 10.0 Å². The molecule has 6 nitrogen and oxygen atoms in total. The number of nitrogens with one attached hydrogen (secondary N) is 1. The number of rotatable bonds is 8. The first kappa shape index (κ1) is 17.0. The maximum absolute atomic E-state index is 12.5. The lowest BCUT2D eigenvalue weighted by Crippen LogP contribution is -2.33. The minimum atomic E-state index is -3.39. The number of hydrogen-bond donors (Lipinski definition) is 1. The van der Waals surface area contributed by atoms with Crippen LogP contribution in [-0.2, 0) is 17.1 Å². The minimum absolute atomic E-state index is 0.155. The van der Waals surface area contributed by atoms with Gasteiger partial charge >= 0.3 is 0 Å². The van der Waals surface area contributed by atoms with E-state index >= 15 is 0 Å². The summed E-state index contributed by atoms with van der Waals surface area (Å²) in [5, 5.41) is 0. The molecule has 0 spiro atoms. The molecule has 0 radical (unpaired) electrons. The number of sulfonamides is 1. The molecule has 1 heterocycles. The molecule has 1 N–H and O–H groups in total. The molecule has 1 aromatic heterocycles. The van der Waals surface area contributed by atoms with E-state index in [1.165, 1.54) is 0 Å². The van der Waals surface area contributed by atoms with Crippen molar-refractivity contribution in [2.75, 3.05) is 12.9 Å². The van der Waals surface area contributed by atoms with Crippen LogP contribution in [0.1, 0.15) is 36.7 Å². The predicted molar refractivity (Wildman–Crippen MR) is 92.3 cm³/mol. The van der Waals surface area contributed by atoms with Gasteiger partial charge in [0.25, 0.3) is 0 Å². The highest BCUT2D eigenvalue weighted by molar-refractivity contribution is 7.89. The van der Waals surface area contributed by atoms with E-state index < -0.39 is 16.1 Å². The van der Waals surface area contributed by atoms with Crippen LogP contribution in [0, 0.1) is 5.92 Å². The number of benzene rings is 1. The SMILES string of the molecule is COc1cccc(C(NS(=O)(=O)CCC2CC2)c2nccn2C)c1. The second-order valence-corrected chi connectivity index (χ2v) is 8.15. The molecule has 7 heteroatoms. The molecule has 1 saturated carbocycles. The van der Waals surface area contributed by atoms with Crippen LogP contribution < -0.4 is 9.46 Å². The lowest BCUT2D eigenvalue weighted by molar-refractivity contribution is 0.413. The van der Waals surface area contributed by atoms with Crippen molar-refractivity contribution >= 4 is 10.0 Å². The zero-order valence-electron chi connectivity index (χ0n) is 14.0. The van der Waals surface area contributed by atoms with Gasteiger partial charge in [-0.05, 0) is 30.0 Å². The Morgan fingerprint density at radius 3 is 2.83 bits per heavy atom. The first-order chi connectivity index (χ1) is 11.5. The number of nitrogens with zero attached hydrogens (tertiary/aromatic N) is 2. The van der Waals surface area contributed by atoms with Crippen LogP contribution >= 0.6 is 0 Å². The normalized spacial score (nSPS) is 16.1. The third-order valence-corrected chi connectivity index (χ3v) is 5.70. The molecule has 1 atom stereocenters. The fourth-order valence-electron chi connectivity index (χ4n) is 2.71. The van der Waals surface area contributed by atoms with Gasteiger partial charge in [-0.2, -0.15) is 0 Å². The molecule has 0 aliphatic heterocycles. The summed E-state index contributed by atoms with van der Waals surface area (Å²) in [4.78, 5) is 4.33. The molecule has 130 valence electrons. The summed E-state index contributed by atoms with van der Waals surface area (Å²) in [5.41, 5.74) is 0.804. The maximum Gasteiger partial charge on any atom is 0.212 e. The first-order valence-corrected chi connectivity index (χ1v) is 9.75. The van der Waals surface area contributed by atoms with Crippen LogP contribution in [0.3, 0.4) is 0 Å². The van der Waals surface area contributed by atoms with Crippen molar-refractivity contribution in [3.8, 4) is 5.75 Å². The zero-order valence-corrected chi connectivity index (χ0v) is 14.8. The topological polar surface area (TPSA) is 73.2 Å². The summed E-state index contributed by atoms with van der Waals surface area (Å²) in [5.74, 6) is 2.06. The Balaban J connectivity index is 1.88. The summed E-state index contributed by atoms with van der Waals surface area (Å²) < 4.78 is 35.0. The average Bonchev–Trinajstić information content (AvgIpc) is 3.31. The standard InChI is InChI=1S/C17H23N3O3S/c1-20-10-9-18-17(20)16(14-4-3-5-15(12-14)23-2)19-24(21,22)11-8-13-6-7-13/h3-5,9-10,12-13,16,19H,6-8,11H2,1-2H3. The average molecular weight is 349 g/mol. The Hall–Kier alpha value is -1.86. The molecule has 0 bridgehead atoms. The molecule has 3 rings (SSSR count). The number of ether oxygens (including phenoxy) is 1. The molecule has 1 aliphatic rings. The summed E-state index contributed by atoms with van der Waals surface area (Å²) in [6, 6.07) is 6.86. The molecule has 0 amide bonds. The number of hydrogen-bond acceptors (Lipinski definition) is 4. The summed E-state index contributed by atoms with van der Waals surface area (Å²) in [7, 11) is 0.0566. The Labute approximate surface area is 142 Å². The summed E-state index contributed by atoms with van der Waals surface area (Å²) in [6.07, 6.45) is 6.49. The molecule has 1 unspecified atom stereocenters. The van der Waals surface area contributed by atoms with Crippen molar-refractivity contribution in [1.29, 1.82) is 0 Å². The first-order valence-electron chi connectivity index (χ1n) is 8.09. The number of imidazole rings is 1. The van der Waals surface area contributed by atoms with Crippen molar-refractivity contribution < 1.29 is 13.2 Å². The van der Waals surface area contributed by atoms with Gasteiger partial charge in [0.15, 0.2) is 0 Å². The summed E-state index contributed by atoms with van der Waals surface area (Å²) in [6.45, 7) is 0. The second kappa shape index (κ2) is 6.94. The highest BCUT2D eigenvalue weighted by atomic mass is 32.2. The van der Waals surface area contributed by atoms with Gasteiger partial charge in [-0.1, -0.05) is 25.0 Å². The van der Waals surface area contributed by atoms with E-state index in [9.17, 15) is 8.42 Å². The van der Waals surface area contributed by atoms with Gasteiger partial charge in [-0.3, -0.25) is 0 Å². The molecule has 1 aromatic carbocycles. The highest BCUT2D eigenvalue weighted by Gasteiger charge is 2.28. The van der Waals surface area contributed by atoms with E-state index in [0.29, 0.717) is 17.5 Å². The molecule has 24 heavy (non-hydrogen) atoms. The van der Waals surface area contributed by atoms with E-state index in [1.807, 2.05) is 35.9 Å². The largest absolute Gasteiger partial charge is 0.497 e. The zero-order chi connectivity index (χ0) is 17.2. The van der Waals surface area contributed by atoms with Crippen molar-refractivity contribution in [1.82, 2.24) is 14.3 Å². The van der Waals surface area contributed by atoms with Crippen molar-refractivity contribution in [3.05, 3.63) is 48.0 Å². The van der Waals surface area contributed by atoms with E-state index in [-0.39, 0.29) is 5.75 Å². The maximum atomic E-state index is 12.5. The van der Waals surface area contributed by atoms with Crippen molar-refractivity contribution in [2.24, 2.45) is 13.0 Å². The minimum Gasteiger partial charge on any atom is -0.497 e. The second-order valence-electron chi connectivity index (χ2n) is 6.27. The molecular weight excluding hydrogens is 326 g/mol. The van der Waals surface area contributed by atoms with Crippen molar-refractivity contribution in [3.63, 3.8) is 0 Å². The Bertz CT molecular complexity index is 797. The molecule has 1 fully saturated rings. The fourth-order valence-corrected chi connectivity index (χ4v) is 4.08. The van der Waals surface area contributed by atoms with E-state index in [4.69, 9.17) is 4.74 Å². The Kier molecular flexibility index (Phi) is 4.91. The molecular formula is C17H23N3O3S.